The number of benzene rings is 1. The van der Waals surface area contributed by atoms with Crippen molar-refractivity contribution in [1.29, 1.82) is 0 Å². The highest BCUT2D eigenvalue weighted by molar-refractivity contribution is 6.63. The van der Waals surface area contributed by atoms with Crippen molar-refractivity contribution in [3.63, 3.8) is 0 Å². The van der Waals surface area contributed by atoms with Gasteiger partial charge in [0.15, 0.2) is 5.69 Å². The number of esters is 1. The molecule has 26 heavy (non-hydrogen) atoms. The van der Waals surface area contributed by atoms with E-state index in [9.17, 15) is 4.79 Å². The second kappa shape index (κ2) is 6.89. The van der Waals surface area contributed by atoms with Gasteiger partial charge in [0.05, 0.1) is 24.4 Å². The van der Waals surface area contributed by atoms with Gasteiger partial charge in [-0.25, -0.2) is 4.79 Å². The van der Waals surface area contributed by atoms with Crippen molar-refractivity contribution in [3.05, 3.63) is 47.8 Å². The minimum absolute atomic E-state index is 0.237. The van der Waals surface area contributed by atoms with Crippen molar-refractivity contribution >= 4 is 18.6 Å². The number of nitrogens with zero attached hydrogens (tertiary/aromatic N) is 2. The number of carbonyl (C=O) groups excluding carboxylic acids is 1. The molecule has 0 atom stereocenters. The minimum atomic E-state index is -0.663. The van der Waals surface area contributed by atoms with E-state index in [0.717, 1.165) is 5.56 Å². The van der Waals surface area contributed by atoms with Crippen LogP contribution in [-0.2, 0) is 20.6 Å². The zero-order chi connectivity index (χ0) is 18.9. The topological polar surface area (TPSA) is 62.6 Å². The summed E-state index contributed by atoms with van der Waals surface area (Å²) in [7, 11) is -0.663. The maximum Gasteiger partial charge on any atom is 0.498 e. The van der Waals surface area contributed by atoms with Crippen LogP contribution >= 0.6 is 0 Å². The van der Waals surface area contributed by atoms with Crippen LogP contribution in [0, 0.1) is 0 Å². The standard InChI is InChI=1S/C19H25BN2O4/c1-6-24-17(23)16-15(20-25-18(2,3)19(4,5)26-20)13-22(21-16)12-14-10-8-7-9-11-14/h7-11,13H,6,12H2,1-5H3. The molecule has 1 aliphatic heterocycles. The van der Waals surface area contributed by atoms with Crippen molar-refractivity contribution < 1.29 is 18.8 Å². The molecule has 0 bridgehead atoms. The Morgan fingerprint density at radius 1 is 1.15 bits per heavy atom. The van der Waals surface area contributed by atoms with E-state index in [1.807, 2.05) is 58.0 Å². The first-order chi connectivity index (χ1) is 12.2. The highest BCUT2D eigenvalue weighted by Crippen LogP contribution is 2.36. The zero-order valence-corrected chi connectivity index (χ0v) is 16.0. The van der Waals surface area contributed by atoms with Gasteiger partial charge in [0.1, 0.15) is 0 Å². The maximum absolute atomic E-state index is 12.4. The molecule has 0 aliphatic carbocycles. The highest BCUT2D eigenvalue weighted by atomic mass is 16.7. The molecule has 1 fully saturated rings. The maximum atomic E-state index is 12.4. The summed E-state index contributed by atoms with van der Waals surface area (Å²) in [6, 6.07) is 9.94. The molecular weight excluding hydrogens is 331 g/mol. The van der Waals surface area contributed by atoms with Crippen LogP contribution in [-0.4, -0.2) is 40.7 Å². The monoisotopic (exact) mass is 356 g/mol. The van der Waals surface area contributed by atoms with Crippen LogP contribution in [0.4, 0.5) is 0 Å². The highest BCUT2D eigenvalue weighted by Gasteiger charge is 2.53. The molecule has 2 aromatic rings. The molecule has 1 aliphatic rings. The number of hydrogen-bond donors (Lipinski definition) is 0. The van der Waals surface area contributed by atoms with E-state index in [2.05, 4.69) is 5.10 Å². The molecule has 1 aromatic carbocycles. The van der Waals surface area contributed by atoms with Gasteiger partial charge >= 0.3 is 13.1 Å². The number of ether oxygens (including phenoxy) is 1. The summed E-state index contributed by atoms with van der Waals surface area (Å²) >= 11 is 0. The summed E-state index contributed by atoms with van der Waals surface area (Å²) in [5, 5.41) is 4.45. The first-order valence-electron chi connectivity index (χ1n) is 8.87. The Kier molecular flexibility index (Phi) is 4.95. The minimum Gasteiger partial charge on any atom is -0.461 e. The van der Waals surface area contributed by atoms with Gasteiger partial charge < -0.3 is 14.0 Å². The van der Waals surface area contributed by atoms with Gasteiger partial charge in [-0.15, -0.1) is 0 Å². The summed E-state index contributed by atoms with van der Waals surface area (Å²) in [4.78, 5) is 12.4. The third-order valence-corrected chi connectivity index (χ3v) is 4.95. The average Bonchev–Trinajstić information content (AvgIpc) is 3.07. The molecule has 0 spiro atoms. The van der Waals surface area contributed by atoms with E-state index in [0.29, 0.717) is 12.0 Å². The van der Waals surface area contributed by atoms with Crippen LogP contribution in [0.15, 0.2) is 36.5 Å². The smallest absolute Gasteiger partial charge is 0.461 e. The molecule has 3 rings (SSSR count). The van der Waals surface area contributed by atoms with E-state index in [1.54, 1.807) is 17.8 Å². The molecule has 0 amide bonds. The van der Waals surface area contributed by atoms with Gasteiger partial charge in [-0.3, -0.25) is 4.68 Å². The normalized spacial score (nSPS) is 18.1. The van der Waals surface area contributed by atoms with Crippen molar-refractivity contribution in [1.82, 2.24) is 9.78 Å². The van der Waals surface area contributed by atoms with Crippen LogP contribution in [0.1, 0.15) is 50.7 Å². The summed E-state index contributed by atoms with van der Waals surface area (Å²) in [5.74, 6) is -0.468. The van der Waals surface area contributed by atoms with Crippen molar-refractivity contribution in [2.45, 2.75) is 52.4 Å². The molecule has 6 nitrogen and oxygen atoms in total. The van der Waals surface area contributed by atoms with Crippen molar-refractivity contribution in [3.8, 4) is 0 Å². The predicted octanol–water partition coefficient (Wildman–Crippen LogP) is 2.41. The van der Waals surface area contributed by atoms with Crippen molar-refractivity contribution in [2.75, 3.05) is 6.61 Å². The van der Waals surface area contributed by atoms with Gasteiger partial charge in [-0.1, -0.05) is 30.3 Å². The molecule has 0 unspecified atom stereocenters. The third-order valence-electron chi connectivity index (χ3n) is 4.95. The van der Waals surface area contributed by atoms with Gasteiger partial charge in [0, 0.05) is 11.7 Å². The van der Waals surface area contributed by atoms with Gasteiger partial charge in [-0.2, -0.15) is 5.10 Å². The van der Waals surface area contributed by atoms with Gasteiger partial charge in [-0.05, 0) is 40.2 Å². The first-order valence-corrected chi connectivity index (χ1v) is 8.87. The Morgan fingerprint density at radius 2 is 1.77 bits per heavy atom. The molecule has 0 N–H and O–H groups in total. The lowest BCUT2D eigenvalue weighted by Gasteiger charge is -2.32. The molecule has 0 radical (unpaired) electrons. The summed E-state index contributed by atoms with van der Waals surface area (Å²) in [6.45, 7) is 10.5. The molecule has 1 saturated heterocycles. The molecule has 0 saturated carbocycles. The Hall–Kier alpha value is -2.12. The molecule has 2 heterocycles. The molecular formula is C19H25BN2O4. The molecule has 138 valence electrons. The molecule has 7 heteroatoms. The number of rotatable bonds is 5. The third kappa shape index (κ3) is 3.55. The fraction of sp³-hybridized carbons (Fsp3) is 0.474. The number of aromatic nitrogens is 2. The fourth-order valence-electron chi connectivity index (χ4n) is 2.79. The zero-order valence-electron chi connectivity index (χ0n) is 16.0. The van der Waals surface area contributed by atoms with Gasteiger partial charge in [0.2, 0.25) is 0 Å². The Labute approximate surface area is 154 Å². The lowest BCUT2D eigenvalue weighted by atomic mass is 9.79. The number of hydrogen-bond acceptors (Lipinski definition) is 5. The van der Waals surface area contributed by atoms with Crippen LogP contribution in [0.3, 0.4) is 0 Å². The van der Waals surface area contributed by atoms with Crippen LogP contribution in [0.5, 0.6) is 0 Å². The average molecular weight is 356 g/mol. The Morgan fingerprint density at radius 3 is 2.35 bits per heavy atom. The summed E-state index contributed by atoms with van der Waals surface area (Å²) in [5.41, 5.74) is 0.932. The van der Waals surface area contributed by atoms with Crippen LogP contribution in [0.2, 0.25) is 0 Å². The number of carbonyl (C=O) groups is 1. The first kappa shape index (κ1) is 18.7. The second-order valence-electron chi connectivity index (χ2n) is 7.42. The summed E-state index contributed by atoms with van der Waals surface area (Å²) < 4.78 is 19.1. The fourth-order valence-corrected chi connectivity index (χ4v) is 2.79. The van der Waals surface area contributed by atoms with E-state index >= 15 is 0 Å². The predicted molar refractivity (Wildman–Crippen MR) is 99.4 cm³/mol. The van der Waals surface area contributed by atoms with Gasteiger partial charge in [0.25, 0.3) is 0 Å². The lowest BCUT2D eigenvalue weighted by molar-refractivity contribution is 0.00578. The second-order valence-corrected chi connectivity index (χ2v) is 7.42. The van der Waals surface area contributed by atoms with Crippen LogP contribution in [0.25, 0.3) is 0 Å². The molecule has 1 aromatic heterocycles. The van der Waals surface area contributed by atoms with E-state index in [4.69, 9.17) is 14.0 Å². The Balaban J connectivity index is 1.94. The van der Waals surface area contributed by atoms with E-state index in [1.165, 1.54) is 0 Å². The van der Waals surface area contributed by atoms with E-state index < -0.39 is 24.3 Å². The lowest BCUT2D eigenvalue weighted by Crippen LogP contribution is -2.41. The van der Waals surface area contributed by atoms with E-state index in [-0.39, 0.29) is 12.3 Å². The Bertz CT molecular complexity index is 770. The van der Waals surface area contributed by atoms with Crippen molar-refractivity contribution in [2.24, 2.45) is 0 Å². The van der Waals surface area contributed by atoms with Crippen LogP contribution < -0.4 is 5.46 Å². The quantitative estimate of drug-likeness (QED) is 0.608. The summed E-state index contributed by atoms with van der Waals surface area (Å²) in [6.07, 6.45) is 1.81. The largest absolute Gasteiger partial charge is 0.498 e. The SMILES string of the molecule is CCOC(=O)c1nn(Cc2ccccc2)cc1B1OC(C)(C)C(C)(C)O1.